The Labute approximate surface area is 121 Å². The minimum absolute atomic E-state index is 0.188. The lowest BCUT2D eigenvalue weighted by Gasteiger charge is -2.53. The van der Waals surface area contributed by atoms with E-state index in [4.69, 9.17) is 0 Å². The van der Waals surface area contributed by atoms with Crippen molar-refractivity contribution in [2.24, 2.45) is 11.3 Å². The van der Waals surface area contributed by atoms with Gasteiger partial charge in [0.15, 0.2) is 0 Å². The molecule has 0 amide bonds. The fraction of sp³-hybridized carbons (Fsp3) is 0.438. The van der Waals surface area contributed by atoms with Gasteiger partial charge in [0.1, 0.15) is 0 Å². The predicted octanol–water partition coefficient (Wildman–Crippen LogP) is 2.76. The zero-order valence-electron chi connectivity index (χ0n) is 11.4. The van der Waals surface area contributed by atoms with E-state index in [0.717, 1.165) is 16.8 Å². The lowest BCUT2D eigenvalue weighted by Crippen LogP contribution is -2.57. The number of aromatic nitrogens is 2. The van der Waals surface area contributed by atoms with Crippen molar-refractivity contribution >= 4 is 0 Å². The third-order valence-corrected chi connectivity index (χ3v) is 5.13. The van der Waals surface area contributed by atoms with E-state index in [-0.39, 0.29) is 12.5 Å². The molecule has 21 heavy (non-hydrogen) atoms. The van der Waals surface area contributed by atoms with E-state index in [0.29, 0.717) is 0 Å². The molecular formula is C16H16F2N2O. The lowest BCUT2D eigenvalue weighted by molar-refractivity contribution is -0.143. The molecule has 1 saturated carbocycles. The molecule has 4 rings (SSSR count). The van der Waals surface area contributed by atoms with E-state index in [2.05, 4.69) is 4.98 Å². The van der Waals surface area contributed by atoms with E-state index in [1.807, 2.05) is 28.8 Å². The van der Waals surface area contributed by atoms with Crippen LogP contribution in [-0.2, 0) is 0 Å². The van der Waals surface area contributed by atoms with Gasteiger partial charge in [0.2, 0.25) is 0 Å². The number of aliphatic hydroxyl groups excluding tert-OH is 1. The van der Waals surface area contributed by atoms with Crippen molar-refractivity contribution in [1.82, 2.24) is 9.55 Å². The summed E-state index contributed by atoms with van der Waals surface area (Å²) in [7, 11) is 0. The smallest absolute Gasteiger partial charge is 0.0981 e. The first-order valence-corrected chi connectivity index (χ1v) is 7.13. The van der Waals surface area contributed by atoms with Crippen molar-refractivity contribution in [1.29, 1.82) is 0 Å². The molecule has 1 aromatic carbocycles. The van der Waals surface area contributed by atoms with Gasteiger partial charge in [-0.05, 0) is 12.0 Å². The average Bonchev–Trinajstić information content (AvgIpc) is 3.08. The second kappa shape index (κ2) is 4.37. The summed E-state index contributed by atoms with van der Waals surface area (Å²) in [4.78, 5) is 4.15. The number of rotatable bonds is 3. The predicted molar refractivity (Wildman–Crippen MR) is 74.3 cm³/mol. The molecule has 3 nitrogen and oxygen atoms in total. The molecule has 1 aromatic heterocycles. The van der Waals surface area contributed by atoms with Crippen LogP contribution in [0.25, 0.3) is 11.3 Å². The molecule has 1 fully saturated rings. The van der Waals surface area contributed by atoms with Crippen LogP contribution in [0.4, 0.5) is 8.78 Å². The fourth-order valence-electron chi connectivity index (χ4n) is 4.03. The maximum atomic E-state index is 13.5. The quantitative estimate of drug-likeness (QED) is 0.944. The highest BCUT2D eigenvalue weighted by Gasteiger charge is 2.59. The SMILES string of the molecule is O[C@H]1CC(CF)(CF)[C@H]1C1c2ccccc2-c2cncn21. The fourth-order valence-corrected chi connectivity index (χ4v) is 4.03. The molecule has 0 bridgehead atoms. The van der Waals surface area contributed by atoms with E-state index in [9.17, 15) is 13.9 Å². The molecular weight excluding hydrogens is 274 g/mol. The number of imidazole rings is 1. The van der Waals surface area contributed by atoms with Gasteiger partial charge in [-0.3, -0.25) is 8.78 Å². The first kappa shape index (κ1) is 13.0. The largest absolute Gasteiger partial charge is 0.393 e. The van der Waals surface area contributed by atoms with Crippen LogP contribution in [0.1, 0.15) is 18.0 Å². The summed E-state index contributed by atoms with van der Waals surface area (Å²) in [5, 5.41) is 10.2. The minimum atomic E-state index is -1.07. The molecule has 1 aliphatic carbocycles. The maximum Gasteiger partial charge on any atom is 0.0981 e. The standard InChI is InChI=1S/C16H16F2N2O/c17-7-16(8-18)5-13(21)14(16)15-11-4-2-1-3-10(11)12-6-19-9-20(12)15/h1-4,6,9,13-15,21H,5,7-8H2/t13-,14+,15?/m0/s1. The number of hydrogen-bond acceptors (Lipinski definition) is 2. The number of halogens is 2. The van der Waals surface area contributed by atoms with Crippen LogP contribution in [0.15, 0.2) is 36.8 Å². The topological polar surface area (TPSA) is 38.1 Å². The van der Waals surface area contributed by atoms with Crippen molar-refractivity contribution in [2.75, 3.05) is 13.3 Å². The monoisotopic (exact) mass is 290 g/mol. The molecule has 2 heterocycles. The zero-order chi connectivity index (χ0) is 14.6. The van der Waals surface area contributed by atoms with Gasteiger partial charge in [-0.2, -0.15) is 0 Å². The highest BCUT2D eigenvalue weighted by Crippen LogP contribution is 2.57. The molecule has 1 unspecified atom stereocenters. The third kappa shape index (κ3) is 1.52. The minimum Gasteiger partial charge on any atom is -0.393 e. The van der Waals surface area contributed by atoms with Gasteiger partial charge in [0.05, 0.1) is 43.7 Å². The zero-order valence-corrected chi connectivity index (χ0v) is 11.4. The van der Waals surface area contributed by atoms with Crippen LogP contribution < -0.4 is 0 Å². The van der Waals surface area contributed by atoms with E-state index >= 15 is 0 Å². The first-order chi connectivity index (χ1) is 10.2. The number of benzene rings is 1. The van der Waals surface area contributed by atoms with Crippen LogP contribution in [0.5, 0.6) is 0 Å². The third-order valence-electron chi connectivity index (χ3n) is 5.13. The van der Waals surface area contributed by atoms with Gasteiger partial charge < -0.3 is 9.67 Å². The highest BCUT2D eigenvalue weighted by atomic mass is 19.1. The molecule has 0 radical (unpaired) electrons. The van der Waals surface area contributed by atoms with Crippen LogP contribution in [0.3, 0.4) is 0 Å². The van der Waals surface area contributed by atoms with Gasteiger partial charge in [-0.25, -0.2) is 4.98 Å². The lowest BCUT2D eigenvalue weighted by atomic mass is 9.56. The molecule has 2 aromatic rings. The van der Waals surface area contributed by atoms with Crippen molar-refractivity contribution in [3.05, 3.63) is 42.4 Å². The summed E-state index contributed by atoms with van der Waals surface area (Å²) in [5.74, 6) is -0.455. The van der Waals surface area contributed by atoms with Crippen molar-refractivity contribution in [3.8, 4) is 11.3 Å². The number of alkyl halides is 2. The van der Waals surface area contributed by atoms with Crippen LogP contribution >= 0.6 is 0 Å². The Morgan fingerprint density at radius 2 is 2.05 bits per heavy atom. The van der Waals surface area contributed by atoms with Crippen molar-refractivity contribution in [2.45, 2.75) is 18.6 Å². The number of aliphatic hydroxyl groups is 1. The Hall–Kier alpha value is -1.75. The number of fused-ring (bicyclic) bond motifs is 3. The van der Waals surface area contributed by atoms with Gasteiger partial charge in [-0.15, -0.1) is 0 Å². The summed E-state index contributed by atoms with van der Waals surface area (Å²) in [6.45, 7) is -1.48. The van der Waals surface area contributed by atoms with Gasteiger partial charge >= 0.3 is 0 Å². The molecule has 0 spiro atoms. The normalized spacial score (nSPS) is 28.8. The van der Waals surface area contributed by atoms with Crippen molar-refractivity contribution in [3.63, 3.8) is 0 Å². The van der Waals surface area contributed by atoms with E-state index in [1.165, 1.54) is 0 Å². The van der Waals surface area contributed by atoms with Crippen LogP contribution in [0, 0.1) is 11.3 Å². The molecule has 5 heteroatoms. The van der Waals surface area contributed by atoms with Crippen molar-refractivity contribution < 1.29 is 13.9 Å². The second-order valence-electron chi connectivity index (χ2n) is 6.15. The highest BCUT2D eigenvalue weighted by molar-refractivity contribution is 5.69. The Bertz CT molecular complexity index is 680. The Balaban J connectivity index is 1.86. The molecule has 3 atom stereocenters. The molecule has 1 aliphatic heterocycles. The van der Waals surface area contributed by atoms with Gasteiger partial charge in [0, 0.05) is 16.9 Å². The first-order valence-electron chi connectivity index (χ1n) is 7.13. The summed E-state index contributed by atoms with van der Waals surface area (Å²) in [6.07, 6.45) is 2.96. The number of nitrogens with zero attached hydrogens (tertiary/aromatic N) is 2. The van der Waals surface area contributed by atoms with Gasteiger partial charge in [0.25, 0.3) is 0 Å². The van der Waals surface area contributed by atoms with Crippen LogP contribution in [-0.4, -0.2) is 34.1 Å². The summed E-state index contributed by atoms with van der Waals surface area (Å²) in [5.41, 5.74) is 1.93. The molecule has 2 aliphatic rings. The van der Waals surface area contributed by atoms with E-state index < -0.39 is 30.8 Å². The summed E-state index contributed by atoms with van der Waals surface area (Å²) >= 11 is 0. The van der Waals surface area contributed by atoms with E-state index in [1.54, 1.807) is 12.5 Å². The second-order valence-corrected chi connectivity index (χ2v) is 6.15. The molecule has 1 N–H and O–H groups in total. The molecule has 0 saturated heterocycles. The Morgan fingerprint density at radius 3 is 2.76 bits per heavy atom. The number of hydrogen-bond donors (Lipinski definition) is 1. The summed E-state index contributed by atoms with van der Waals surface area (Å²) in [6, 6.07) is 7.57. The molecule has 110 valence electrons. The Kier molecular flexibility index (Phi) is 2.70. The average molecular weight is 290 g/mol. The Morgan fingerprint density at radius 1 is 1.29 bits per heavy atom. The van der Waals surface area contributed by atoms with Gasteiger partial charge in [-0.1, -0.05) is 24.3 Å². The maximum absolute atomic E-state index is 13.5. The van der Waals surface area contributed by atoms with Crippen LogP contribution in [0.2, 0.25) is 0 Å². The summed E-state index contributed by atoms with van der Waals surface area (Å²) < 4.78 is 28.9.